The van der Waals surface area contributed by atoms with Crippen LogP contribution in [0.1, 0.15) is 49.7 Å². The zero-order chi connectivity index (χ0) is 44.7. The number of primary amides is 2. The van der Waals surface area contributed by atoms with Crippen molar-refractivity contribution in [1.82, 2.24) is 36.2 Å². The van der Waals surface area contributed by atoms with Crippen molar-refractivity contribution in [2.45, 2.75) is 75.5 Å². The number of rotatable bonds is 27. The van der Waals surface area contributed by atoms with Gasteiger partial charge in [0.2, 0.25) is 41.4 Å². The van der Waals surface area contributed by atoms with Crippen molar-refractivity contribution in [2.75, 3.05) is 33.4 Å². The highest BCUT2D eigenvalue weighted by atomic mass is 31.0. The first kappa shape index (κ1) is 49.8. The number of nitrogens with one attached hydrogen (secondary N) is 5. The van der Waals surface area contributed by atoms with Gasteiger partial charge < -0.3 is 46.9 Å². The molecule has 0 saturated heterocycles. The lowest BCUT2D eigenvalue weighted by atomic mass is 10.0. The van der Waals surface area contributed by atoms with E-state index in [9.17, 15) is 38.4 Å². The van der Waals surface area contributed by atoms with Crippen LogP contribution in [-0.2, 0) is 60.5 Å². The maximum absolute atomic E-state index is 13.6. The van der Waals surface area contributed by atoms with E-state index in [1.807, 2.05) is 36.4 Å². The summed E-state index contributed by atoms with van der Waals surface area (Å²) >= 11 is 0. The number of carbonyl (C=O) groups excluding carboxylic acids is 8. The van der Waals surface area contributed by atoms with Crippen molar-refractivity contribution < 1.29 is 47.6 Å². The smallest absolute Gasteiger partial charge is 0.308 e. The molecule has 61 heavy (non-hydrogen) atoms. The van der Waals surface area contributed by atoms with E-state index in [0.717, 1.165) is 21.2 Å². The fourth-order valence-electron chi connectivity index (χ4n) is 6.12. The predicted molar refractivity (Wildman–Crippen MR) is 231 cm³/mol. The van der Waals surface area contributed by atoms with Crippen molar-refractivity contribution in [3.8, 4) is 0 Å². The van der Waals surface area contributed by atoms with E-state index in [1.165, 1.54) is 19.4 Å². The van der Waals surface area contributed by atoms with Crippen LogP contribution >= 0.6 is 18.9 Å². The van der Waals surface area contributed by atoms with Gasteiger partial charge in [-0.25, -0.2) is 0 Å². The zero-order valence-corrected chi connectivity index (χ0v) is 36.2. The van der Waals surface area contributed by atoms with E-state index < -0.39 is 78.5 Å². The van der Waals surface area contributed by atoms with E-state index >= 15 is 0 Å². The molecule has 0 bridgehead atoms. The molecule has 0 radical (unpaired) electrons. The van der Waals surface area contributed by atoms with Crippen LogP contribution in [0.15, 0.2) is 67.0 Å². The Hall–Kier alpha value is -5.61. The van der Waals surface area contributed by atoms with Gasteiger partial charge >= 0.3 is 5.97 Å². The second-order valence-electron chi connectivity index (χ2n) is 14.1. The minimum absolute atomic E-state index is 0.0625. The Bertz CT molecular complexity index is 1980. The highest BCUT2D eigenvalue weighted by Gasteiger charge is 2.32. The lowest BCUT2D eigenvalue weighted by Gasteiger charge is -2.27. The quantitative estimate of drug-likeness (QED) is 0.0376. The molecule has 19 nitrogen and oxygen atoms in total. The molecule has 3 aromatic rings. The molecule has 7 amide bonds. The maximum Gasteiger partial charge on any atom is 0.308 e. The molecule has 0 aliphatic carbocycles. The lowest BCUT2D eigenvalue weighted by Crippen LogP contribution is -2.58. The third kappa shape index (κ3) is 18.3. The summed E-state index contributed by atoms with van der Waals surface area (Å²) in [6.45, 7) is 0.436. The molecule has 1 heterocycles. The molecule has 0 fully saturated rings. The maximum atomic E-state index is 13.6. The number of amides is 7. The molecule has 0 saturated carbocycles. The molecule has 6 atom stereocenters. The molecular weight excluding hydrogens is 828 g/mol. The summed E-state index contributed by atoms with van der Waals surface area (Å²) in [5, 5.41) is 15.6. The van der Waals surface area contributed by atoms with Crippen LogP contribution in [0.25, 0.3) is 10.8 Å². The molecule has 3 rings (SSSR count). The zero-order valence-electron chi connectivity index (χ0n) is 33.9. The summed E-state index contributed by atoms with van der Waals surface area (Å²) in [7, 11) is 5.50. The fourth-order valence-corrected chi connectivity index (χ4v) is 6.51. The Balaban J connectivity index is 1.51. The number of likely N-dealkylation sites (N-methyl/N-ethyl adjacent to an activating group) is 1. The van der Waals surface area contributed by atoms with Crippen LogP contribution in [0, 0.1) is 0 Å². The number of benzene rings is 2. The van der Waals surface area contributed by atoms with E-state index in [2.05, 4.69) is 51.3 Å². The van der Waals surface area contributed by atoms with Crippen molar-refractivity contribution in [2.24, 2.45) is 11.5 Å². The van der Waals surface area contributed by atoms with Gasteiger partial charge in [0.25, 0.3) is 0 Å². The molecule has 21 heteroatoms. The third-order valence-corrected chi connectivity index (χ3v) is 9.90. The Morgan fingerprint density at radius 1 is 0.754 bits per heavy atom. The molecule has 1 aromatic heterocycles. The highest BCUT2D eigenvalue weighted by Crippen LogP contribution is 2.17. The Kier molecular flexibility index (Phi) is 21.7. The number of ether oxygens (including phenoxy) is 1. The van der Waals surface area contributed by atoms with Crippen LogP contribution in [0.4, 0.5) is 0 Å². The van der Waals surface area contributed by atoms with Crippen molar-refractivity contribution in [1.29, 1.82) is 0 Å². The van der Waals surface area contributed by atoms with Crippen LogP contribution in [0.3, 0.4) is 0 Å². The monoisotopic (exact) mass is 883 g/mol. The Morgan fingerprint density at radius 2 is 1.44 bits per heavy atom. The summed E-state index contributed by atoms with van der Waals surface area (Å²) in [6.07, 6.45) is 2.94. The fraction of sp³-hybridized carbons (Fsp3) is 0.425. The number of hydrogen-bond donors (Lipinski definition) is 7. The van der Waals surface area contributed by atoms with Gasteiger partial charge in [0.15, 0.2) is 0 Å². The molecule has 2 aromatic carbocycles. The number of carbonyl (C=O) groups is 8. The van der Waals surface area contributed by atoms with E-state index in [-0.39, 0.29) is 44.6 Å². The molecule has 330 valence electrons. The molecule has 9 N–H and O–H groups in total. The highest BCUT2D eigenvalue weighted by molar-refractivity contribution is 7.13. The van der Waals surface area contributed by atoms with Gasteiger partial charge in [-0.2, -0.15) is 0 Å². The standard InChI is InChI=1S/C40H55N9O10P2/c1-49(24-34(42)51)40(57)32(21-26-7-4-15-43-23-26)47-39(56)30(22-33(41)50)46-38(55)29(13-14-36(53)59-61)45-35(52)10-5-17-58-18-6-16-44-37(54)31(48-60)20-25-11-12-27-8-2-3-9-28(27)19-25/h2-4,7-9,11-12,15,19,23,29-32,48H,5-6,10,13-14,16-18,20-22,24,60-61H2,1H3,(H2,41,50)(H2,42,51)(H,44,54)(H,45,52)(H,46,55)(H,47,56)/t29-,30-,31-,32-/m0/s1. The Labute approximate surface area is 358 Å². The van der Waals surface area contributed by atoms with Gasteiger partial charge in [-0.05, 0) is 53.6 Å². The third-order valence-electron chi connectivity index (χ3n) is 9.23. The molecular formula is C40H55N9O10P2. The van der Waals surface area contributed by atoms with E-state index in [0.29, 0.717) is 31.6 Å². The van der Waals surface area contributed by atoms with Crippen LogP contribution in [0.2, 0.25) is 0 Å². The number of hydrogen-bond acceptors (Lipinski definition) is 12. The number of fused-ring (bicyclic) bond motifs is 1. The largest absolute Gasteiger partial charge is 0.452 e. The van der Waals surface area contributed by atoms with Gasteiger partial charge in [0.1, 0.15) is 18.1 Å². The molecule has 2 unspecified atom stereocenters. The Morgan fingerprint density at radius 3 is 2.11 bits per heavy atom. The first-order valence-electron chi connectivity index (χ1n) is 19.5. The molecule has 0 aliphatic heterocycles. The van der Waals surface area contributed by atoms with Crippen LogP contribution < -0.4 is 37.8 Å². The second-order valence-corrected chi connectivity index (χ2v) is 14.7. The topological polar surface area (TPSA) is 283 Å². The number of pyridine rings is 1. The first-order valence-corrected chi connectivity index (χ1v) is 20.5. The summed E-state index contributed by atoms with van der Waals surface area (Å²) in [5.41, 5.74) is 12.2. The van der Waals surface area contributed by atoms with E-state index in [1.54, 1.807) is 21.6 Å². The summed E-state index contributed by atoms with van der Waals surface area (Å²) in [6, 6.07) is 12.7. The summed E-state index contributed by atoms with van der Waals surface area (Å²) in [4.78, 5) is 107. The van der Waals surface area contributed by atoms with Crippen molar-refractivity contribution in [3.63, 3.8) is 0 Å². The molecule has 0 spiro atoms. The van der Waals surface area contributed by atoms with Crippen LogP contribution in [0.5, 0.6) is 0 Å². The predicted octanol–water partition coefficient (Wildman–Crippen LogP) is -0.542. The first-order chi connectivity index (χ1) is 29.2. The van der Waals surface area contributed by atoms with Crippen molar-refractivity contribution >= 4 is 76.9 Å². The SMILES string of the molecule is CN(CC(N)=O)C(=O)[C@H](Cc1cccnc1)NC(=O)[C@H](CC(N)=O)NC(=O)[C@H](CCC(=O)OP)NC(=O)CCCOCCCNC(=O)[C@H](Cc1ccc2ccccc2c1)NP. The average Bonchev–Trinajstić information content (AvgIpc) is 3.23. The average molecular weight is 884 g/mol. The number of nitrogens with zero attached hydrogens (tertiary/aromatic N) is 2. The van der Waals surface area contributed by atoms with Crippen LogP contribution in [-0.4, -0.2) is 115 Å². The molecule has 0 aliphatic rings. The normalized spacial score (nSPS) is 12.8. The second kappa shape index (κ2) is 26.6. The van der Waals surface area contributed by atoms with E-state index in [4.69, 9.17) is 16.2 Å². The number of aromatic nitrogens is 1. The van der Waals surface area contributed by atoms with Crippen molar-refractivity contribution in [3.05, 3.63) is 78.1 Å². The van der Waals surface area contributed by atoms with Gasteiger partial charge in [0.05, 0.1) is 28.5 Å². The number of nitrogens with two attached hydrogens (primary N) is 2. The summed E-state index contributed by atoms with van der Waals surface area (Å²) < 4.78 is 10.2. The van der Waals surface area contributed by atoms with Gasteiger partial charge in [0, 0.05) is 58.5 Å². The lowest BCUT2D eigenvalue weighted by molar-refractivity contribution is -0.139. The minimum Gasteiger partial charge on any atom is -0.452 e. The van der Waals surface area contributed by atoms with Gasteiger partial charge in [-0.3, -0.25) is 48.4 Å². The minimum atomic E-state index is -1.60. The van der Waals surface area contributed by atoms with Gasteiger partial charge in [-0.1, -0.05) is 57.9 Å². The van der Waals surface area contributed by atoms with Gasteiger partial charge in [-0.15, -0.1) is 0 Å². The summed E-state index contributed by atoms with van der Waals surface area (Å²) in [5.74, 6) is -5.75.